The van der Waals surface area contributed by atoms with E-state index in [0.29, 0.717) is 12.2 Å². The van der Waals surface area contributed by atoms with Crippen LogP contribution in [0.2, 0.25) is 0 Å². The van der Waals surface area contributed by atoms with E-state index in [2.05, 4.69) is 35.1 Å². The van der Waals surface area contributed by atoms with E-state index in [1.807, 2.05) is 0 Å². The van der Waals surface area contributed by atoms with E-state index in [-0.39, 0.29) is 0 Å². The van der Waals surface area contributed by atoms with Gasteiger partial charge in [0.05, 0.1) is 25.4 Å². The highest BCUT2D eigenvalue weighted by molar-refractivity contribution is 5.40. The highest BCUT2D eigenvalue weighted by Gasteiger charge is 2.38. The van der Waals surface area contributed by atoms with Gasteiger partial charge in [-0.2, -0.15) is 0 Å². The molecule has 2 saturated heterocycles. The molecule has 5 heteroatoms. The molecule has 0 radical (unpaired) electrons. The van der Waals surface area contributed by atoms with Gasteiger partial charge in [-0.15, -0.1) is 0 Å². The van der Waals surface area contributed by atoms with Gasteiger partial charge < -0.3 is 14.4 Å². The molecule has 3 aliphatic rings. The van der Waals surface area contributed by atoms with Gasteiger partial charge in [0.15, 0.2) is 0 Å². The van der Waals surface area contributed by atoms with Crippen molar-refractivity contribution in [3.8, 4) is 0 Å². The Morgan fingerprint density at radius 1 is 1.15 bits per heavy atom. The Labute approximate surface area is 157 Å². The summed E-state index contributed by atoms with van der Waals surface area (Å²) in [6.07, 6.45) is 9.17. The first kappa shape index (κ1) is 18.2. The van der Waals surface area contributed by atoms with Gasteiger partial charge in [0.1, 0.15) is 5.82 Å². The highest BCUT2D eigenvalue weighted by Crippen LogP contribution is 2.38. The van der Waals surface area contributed by atoms with Crippen molar-refractivity contribution in [2.45, 2.75) is 57.8 Å². The predicted octanol–water partition coefficient (Wildman–Crippen LogP) is 3.09. The molecule has 0 spiro atoms. The molecule has 3 heterocycles. The lowest BCUT2D eigenvalue weighted by Gasteiger charge is -2.39. The summed E-state index contributed by atoms with van der Waals surface area (Å²) < 4.78 is 11.8. The summed E-state index contributed by atoms with van der Waals surface area (Å²) in [5.41, 5.74) is 1.30. The fraction of sp³-hybridized carbons (Fsp3) is 0.762. The number of hydrogen-bond acceptors (Lipinski definition) is 5. The Bertz CT molecular complexity index is 555. The molecular weight excluding hydrogens is 326 g/mol. The number of anilines is 1. The summed E-state index contributed by atoms with van der Waals surface area (Å²) in [5.74, 6) is 1.90. The van der Waals surface area contributed by atoms with Gasteiger partial charge >= 0.3 is 0 Å². The molecule has 2 atom stereocenters. The van der Waals surface area contributed by atoms with Crippen LogP contribution in [-0.2, 0) is 16.0 Å². The molecular formula is C21H33N3O2. The summed E-state index contributed by atoms with van der Waals surface area (Å²) in [6, 6.07) is 4.46. The predicted molar refractivity (Wildman–Crippen MR) is 103 cm³/mol. The molecule has 5 nitrogen and oxygen atoms in total. The van der Waals surface area contributed by atoms with Crippen molar-refractivity contribution in [1.82, 2.24) is 9.88 Å². The van der Waals surface area contributed by atoms with E-state index in [9.17, 15) is 0 Å². The molecule has 0 amide bonds. The fourth-order valence-electron chi connectivity index (χ4n) is 4.09. The zero-order valence-corrected chi connectivity index (χ0v) is 16.1. The van der Waals surface area contributed by atoms with E-state index >= 15 is 0 Å². The molecule has 26 heavy (non-hydrogen) atoms. The molecule has 1 aliphatic carbocycles. The van der Waals surface area contributed by atoms with Crippen LogP contribution < -0.4 is 4.90 Å². The van der Waals surface area contributed by atoms with Gasteiger partial charge in [-0.05, 0) is 36.8 Å². The summed E-state index contributed by atoms with van der Waals surface area (Å²) in [7, 11) is 0. The van der Waals surface area contributed by atoms with Crippen LogP contribution in [0.15, 0.2) is 18.3 Å². The van der Waals surface area contributed by atoms with Crippen molar-refractivity contribution in [1.29, 1.82) is 0 Å². The molecule has 3 fully saturated rings. The smallest absolute Gasteiger partial charge is 0.128 e. The lowest BCUT2D eigenvalue weighted by atomic mass is 10.1. The molecule has 4 rings (SSSR count). The minimum atomic E-state index is 0.365. The SMILES string of the molecule is CCCC[C@@H]1CN(c2ccc(CN3CCOCC3)cn2)C[C@H](C2CC2)O1. The molecule has 0 bridgehead atoms. The molecule has 144 valence electrons. The second-order valence-electron chi connectivity index (χ2n) is 8.09. The van der Waals surface area contributed by atoms with Crippen LogP contribution >= 0.6 is 0 Å². The monoisotopic (exact) mass is 359 g/mol. The van der Waals surface area contributed by atoms with Crippen molar-refractivity contribution in [2.75, 3.05) is 44.3 Å². The maximum Gasteiger partial charge on any atom is 0.128 e. The Hall–Kier alpha value is -1.17. The summed E-state index contributed by atoms with van der Waals surface area (Å²) >= 11 is 0. The average molecular weight is 360 g/mol. The van der Waals surface area contributed by atoms with Crippen molar-refractivity contribution in [3.05, 3.63) is 23.9 Å². The summed E-state index contributed by atoms with van der Waals surface area (Å²) in [4.78, 5) is 9.72. The van der Waals surface area contributed by atoms with Gasteiger partial charge in [-0.3, -0.25) is 4.90 Å². The van der Waals surface area contributed by atoms with Gasteiger partial charge in [0, 0.05) is 38.9 Å². The number of unbranched alkanes of at least 4 members (excludes halogenated alkanes) is 1. The number of hydrogen-bond donors (Lipinski definition) is 0. The number of ether oxygens (including phenoxy) is 2. The van der Waals surface area contributed by atoms with Gasteiger partial charge in [0.25, 0.3) is 0 Å². The third kappa shape index (κ3) is 4.76. The van der Waals surface area contributed by atoms with Crippen LogP contribution in [0.1, 0.15) is 44.6 Å². The van der Waals surface area contributed by atoms with Crippen LogP contribution in [0.25, 0.3) is 0 Å². The average Bonchev–Trinajstić information content (AvgIpc) is 3.53. The number of rotatable bonds is 7. The molecule has 0 N–H and O–H groups in total. The Morgan fingerprint density at radius 3 is 2.69 bits per heavy atom. The molecule has 1 saturated carbocycles. The zero-order valence-electron chi connectivity index (χ0n) is 16.1. The summed E-state index contributed by atoms with van der Waals surface area (Å²) in [5, 5.41) is 0. The molecule has 1 aromatic rings. The Kier molecular flexibility index (Phi) is 6.08. The van der Waals surface area contributed by atoms with E-state index in [1.54, 1.807) is 0 Å². The number of morpholine rings is 2. The molecule has 1 aromatic heterocycles. The number of nitrogens with zero attached hydrogens (tertiary/aromatic N) is 3. The second-order valence-corrected chi connectivity index (χ2v) is 8.09. The van der Waals surface area contributed by atoms with Crippen LogP contribution in [0.5, 0.6) is 0 Å². The van der Waals surface area contributed by atoms with Crippen molar-refractivity contribution < 1.29 is 9.47 Å². The van der Waals surface area contributed by atoms with Crippen molar-refractivity contribution in [3.63, 3.8) is 0 Å². The quantitative estimate of drug-likeness (QED) is 0.748. The minimum absolute atomic E-state index is 0.365. The minimum Gasteiger partial charge on any atom is -0.379 e. The van der Waals surface area contributed by atoms with Crippen LogP contribution in [0.4, 0.5) is 5.82 Å². The lowest BCUT2D eigenvalue weighted by molar-refractivity contribution is -0.0411. The first-order valence-electron chi connectivity index (χ1n) is 10.5. The first-order chi connectivity index (χ1) is 12.8. The number of pyridine rings is 1. The maximum atomic E-state index is 6.40. The van der Waals surface area contributed by atoms with E-state index in [0.717, 1.165) is 57.7 Å². The van der Waals surface area contributed by atoms with Crippen LogP contribution in [-0.4, -0.2) is 61.5 Å². The van der Waals surface area contributed by atoms with Gasteiger partial charge in [0.2, 0.25) is 0 Å². The maximum absolute atomic E-state index is 6.40. The Morgan fingerprint density at radius 2 is 2.00 bits per heavy atom. The normalized spacial score (nSPS) is 27.7. The molecule has 0 unspecified atom stereocenters. The fourth-order valence-corrected chi connectivity index (χ4v) is 4.09. The van der Waals surface area contributed by atoms with Crippen molar-refractivity contribution in [2.24, 2.45) is 5.92 Å². The standard InChI is InChI=1S/C21H33N3O2/c1-2-3-4-19-15-24(16-20(26-19)18-6-7-18)21-8-5-17(13-22-21)14-23-9-11-25-12-10-23/h5,8,13,18-20H,2-4,6-7,9-12,14-16H2,1H3/t19-,20-/m1/s1. The zero-order chi connectivity index (χ0) is 17.8. The van der Waals surface area contributed by atoms with Gasteiger partial charge in [-0.25, -0.2) is 4.98 Å². The van der Waals surface area contributed by atoms with E-state index in [4.69, 9.17) is 14.5 Å². The first-order valence-corrected chi connectivity index (χ1v) is 10.5. The van der Waals surface area contributed by atoms with Crippen LogP contribution in [0, 0.1) is 5.92 Å². The third-order valence-corrected chi connectivity index (χ3v) is 5.86. The third-order valence-electron chi connectivity index (χ3n) is 5.86. The van der Waals surface area contributed by atoms with E-state index < -0.39 is 0 Å². The second kappa shape index (κ2) is 8.68. The van der Waals surface area contributed by atoms with Gasteiger partial charge in [-0.1, -0.05) is 25.8 Å². The van der Waals surface area contributed by atoms with E-state index in [1.165, 1.54) is 37.7 Å². The Balaban J connectivity index is 1.38. The molecule has 2 aliphatic heterocycles. The lowest BCUT2D eigenvalue weighted by Crippen LogP contribution is -2.49. The highest BCUT2D eigenvalue weighted by atomic mass is 16.5. The largest absolute Gasteiger partial charge is 0.379 e. The van der Waals surface area contributed by atoms with Crippen LogP contribution in [0.3, 0.4) is 0 Å². The van der Waals surface area contributed by atoms with Crippen molar-refractivity contribution >= 4 is 5.82 Å². The topological polar surface area (TPSA) is 37.8 Å². The number of aromatic nitrogens is 1. The molecule has 0 aromatic carbocycles. The summed E-state index contributed by atoms with van der Waals surface area (Å²) in [6.45, 7) is 8.96.